The molecule has 1 heterocycles. The SMILES string of the molecule is Cc1ccc(C(C)NCC2CCOCC2)c(O)c1. The Morgan fingerprint density at radius 2 is 2.11 bits per heavy atom. The number of phenols is 1. The molecule has 1 fully saturated rings. The zero-order valence-corrected chi connectivity index (χ0v) is 11.3. The molecule has 1 aromatic rings. The minimum absolute atomic E-state index is 0.188. The molecule has 0 spiro atoms. The third-order valence-electron chi connectivity index (χ3n) is 3.71. The first-order chi connectivity index (χ1) is 8.66. The first kappa shape index (κ1) is 13.4. The summed E-state index contributed by atoms with van der Waals surface area (Å²) >= 11 is 0. The van der Waals surface area contributed by atoms with Crippen molar-refractivity contribution in [3.05, 3.63) is 29.3 Å². The van der Waals surface area contributed by atoms with Crippen LogP contribution < -0.4 is 5.32 Å². The number of benzene rings is 1. The van der Waals surface area contributed by atoms with Gasteiger partial charge >= 0.3 is 0 Å². The average molecular weight is 249 g/mol. The summed E-state index contributed by atoms with van der Waals surface area (Å²) in [6.45, 7) is 6.86. The van der Waals surface area contributed by atoms with Crippen molar-refractivity contribution in [2.24, 2.45) is 5.92 Å². The highest BCUT2D eigenvalue weighted by molar-refractivity contribution is 5.37. The Labute approximate surface area is 109 Å². The molecule has 2 rings (SSSR count). The molecule has 0 aliphatic carbocycles. The van der Waals surface area contributed by atoms with Crippen LogP contribution in [0.15, 0.2) is 18.2 Å². The van der Waals surface area contributed by atoms with Crippen molar-refractivity contribution in [1.29, 1.82) is 0 Å². The number of hydrogen-bond donors (Lipinski definition) is 2. The highest BCUT2D eigenvalue weighted by Crippen LogP contribution is 2.25. The van der Waals surface area contributed by atoms with Crippen LogP contribution >= 0.6 is 0 Å². The van der Waals surface area contributed by atoms with Crippen LogP contribution in [-0.4, -0.2) is 24.9 Å². The molecule has 3 nitrogen and oxygen atoms in total. The van der Waals surface area contributed by atoms with E-state index >= 15 is 0 Å². The summed E-state index contributed by atoms with van der Waals surface area (Å²) in [6, 6.07) is 6.06. The van der Waals surface area contributed by atoms with E-state index in [-0.39, 0.29) is 6.04 Å². The second-order valence-corrected chi connectivity index (χ2v) is 5.25. The van der Waals surface area contributed by atoms with Gasteiger partial charge < -0.3 is 15.2 Å². The molecule has 0 saturated carbocycles. The maximum Gasteiger partial charge on any atom is 0.120 e. The Balaban J connectivity index is 1.88. The number of nitrogens with one attached hydrogen (secondary N) is 1. The minimum atomic E-state index is 0.188. The summed E-state index contributed by atoms with van der Waals surface area (Å²) in [7, 11) is 0. The zero-order chi connectivity index (χ0) is 13.0. The molecule has 1 unspecified atom stereocenters. The second-order valence-electron chi connectivity index (χ2n) is 5.25. The van der Waals surface area contributed by atoms with Crippen LogP contribution in [0.25, 0.3) is 0 Å². The highest BCUT2D eigenvalue weighted by atomic mass is 16.5. The molecule has 3 heteroatoms. The number of hydrogen-bond acceptors (Lipinski definition) is 3. The van der Waals surface area contributed by atoms with Crippen LogP contribution in [-0.2, 0) is 4.74 Å². The summed E-state index contributed by atoms with van der Waals surface area (Å²) in [6.07, 6.45) is 2.28. The molecule has 1 atom stereocenters. The van der Waals surface area contributed by atoms with E-state index in [1.54, 1.807) is 0 Å². The fourth-order valence-electron chi connectivity index (χ4n) is 2.42. The lowest BCUT2D eigenvalue weighted by atomic mass is 9.99. The summed E-state index contributed by atoms with van der Waals surface area (Å²) in [4.78, 5) is 0. The van der Waals surface area contributed by atoms with Crippen molar-refractivity contribution < 1.29 is 9.84 Å². The van der Waals surface area contributed by atoms with Crippen LogP contribution in [0.4, 0.5) is 0 Å². The first-order valence-electron chi connectivity index (χ1n) is 6.77. The first-order valence-corrected chi connectivity index (χ1v) is 6.77. The summed E-state index contributed by atoms with van der Waals surface area (Å²) in [5.74, 6) is 1.09. The molecule has 0 radical (unpaired) electrons. The van der Waals surface area contributed by atoms with E-state index in [2.05, 4.69) is 12.2 Å². The van der Waals surface area contributed by atoms with Gasteiger partial charge in [-0.2, -0.15) is 0 Å². The molecular weight excluding hydrogens is 226 g/mol. The Morgan fingerprint density at radius 1 is 1.39 bits per heavy atom. The van der Waals surface area contributed by atoms with Crippen molar-refractivity contribution in [3.63, 3.8) is 0 Å². The highest BCUT2D eigenvalue weighted by Gasteiger charge is 2.16. The quantitative estimate of drug-likeness (QED) is 0.862. The Kier molecular flexibility index (Phi) is 4.61. The van der Waals surface area contributed by atoms with Gasteiger partial charge in [0.05, 0.1) is 0 Å². The molecule has 18 heavy (non-hydrogen) atoms. The molecule has 0 amide bonds. The van der Waals surface area contributed by atoms with Gasteiger partial charge in [-0.15, -0.1) is 0 Å². The molecule has 2 N–H and O–H groups in total. The lowest BCUT2D eigenvalue weighted by Gasteiger charge is -2.24. The molecule has 0 bridgehead atoms. The lowest BCUT2D eigenvalue weighted by Crippen LogP contribution is -2.29. The van der Waals surface area contributed by atoms with Crippen LogP contribution in [0.2, 0.25) is 0 Å². The molecule has 100 valence electrons. The van der Waals surface area contributed by atoms with Crippen molar-refractivity contribution >= 4 is 0 Å². The van der Waals surface area contributed by atoms with Gasteiger partial charge in [-0.05, 0) is 50.8 Å². The Bertz CT molecular complexity index is 386. The molecule has 1 aliphatic heterocycles. The lowest BCUT2D eigenvalue weighted by molar-refractivity contribution is 0.0656. The molecule has 1 aromatic carbocycles. The van der Waals surface area contributed by atoms with Crippen molar-refractivity contribution in [2.45, 2.75) is 32.7 Å². The van der Waals surface area contributed by atoms with E-state index in [0.29, 0.717) is 11.7 Å². The van der Waals surface area contributed by atoms with Gasteiger partial charge in [0, 0.05) is 24.8 Å². The van der Waals surface area contributed by atoms with Gasteiger partial charge in [-0.25, -0.2) is 0 Å². The predicted molar refractivity (Wildman–Crippen MR) is 72.8 cm³/mol. The number of aromatic hydroxyl groups is 1. The van der Waals surface area contributed by atoms with Gasteiger partial charge in [0.15, 0.2) is 0 Å². The van der Waals surface area contributed by atoms with Gasteiger partial charge in [0.25, 0.3) is 0 Å². The monoisotopic (exact) mass is 249 g/mol. The standard InChI is InChI=1S/C15H23NO2/c1-11-3-4-14(15(17)9-11)12(2)16-10-13-5-7-18-8-6-13/h3-4,9,12-13,16-17H,5-8,10H2,1-2H3. The van der Waals surface area contributed by atoms with E-state index in [0.717, 1.165) is 43.7 Å². The largest absolute Gasteiger partial charge is 0.508 e. The van der Waals surface area contributed by atoms with Crippen molar-refractivity contribution in [2.75, 3.05) is 19.8 Å². The Hall–Kier alpha value is -1.06. The number of rotatable bonds is 4. The third kappa shape index (κ3) is 3.47. The van der Waals surface area contributed by atoms with E-state index in [1.807, 2.05) is 25.1 Å². The molecule has 1 saturated heterocycles. The maximum absolute atomic E-state index is 9.94. The third-order valence-corrected chi connectivity index (χ3v) is 3.71. The normalized spacial score (nSPS) is 18.8. The van der Waals surface area contributed by atoms with E-state index in [1.165, 1.54) is 0 Å². The second kappa shape index (κ2) is 6.21. The van der Waals surface area contributed by atoms with Gasteiger partial charge in [0.2, 0.25) is 0 Å². The smallest absolute Gasteiger partial charge is 0.120 e. The van der Waals surface area contributed by atoms with Crippen LogP contribution in [0.5, 0.6) is 5.75 Å². The van der Waals surface area contributed by atoms with Gasteiger partial charge in [0.1, 0.15) is 5.75 Å². The fourth-order valence-corrected chi connectivity index (χ4v) is 2.42. The Morgan fingerprint density at radius 3 is 2.78 bits per heavy atom. The molecular formula is C15H23NO2. The minimum Gasteiger partial charge on any atom is -0.508 e. The van der Waals surface area contributed by atoms with E-state index in [4.69, 9.17) is 4.74 Å². The van der Waals surface area contributed by atoms with E-state index < -0.39 is 0 Å². The van der Waals surface area contributed by atoms with Crippen LogP contribution in [0, 0.1) is 12.8 Å². The summed E-state index contributed by atoms with van der Waals surface area (Å²) in [5.41, 5.74) is 2.07. The van der Waals surface area contributed by atoms with Crippen LogP contribution in [0.1, 0.15) is 36.9 Å². The van der Waals surface area contributed by atoms with Crippen LogP contribution in [0.3, 0.4) is 0 Å². The summed E-state index contributed by atoms with van der Waals surface area (Å²) < 4.78 is 5.36. The van der Waals surface area contributed by atoms with Crippen molar-refractivity contribution in [3.8, 4) is 5.75 Å². The van der Waals surface area contributed by atoms with Gasteiger partial charge in [-0.3, -0.25) is 0 Å². The number of phenolic OH excluding ortho intramolecular Hbond substituents is 1. The predicted octanol–water partition coefficient (Wildman–Crippen LogP) is 2.78. The number of aryl methyl sites for hydroxylation is 1. The van der Waals surface area contributed by atoms with Crippen molar-refractivity contribution in [1.82, 2.24) is 5.32 Å². The van der Waals surface area contributed by atoms with Gasteiger partial charge in [-0.1, -0.05) is 12.1 Å². The zero-order valence-electron chi connectivity index (χ0n) is 11.3. The number of ether oxygens (including phenoxy) is 1. The summed E-state index contributed by atoms with van der Waals surface area (Å²) in [5, 5.41) is 13.5. The topological polar surface area (TPSA) is 41.5 Å². The average Bonchev–Trinajstić information content (AvgIpc) is 2.37. The molecule has 1 aliphatic rings. The van der Waals surface area contributed by atoms with E-state index in [9.17, 15) is 5.11 Å². The molecule has 0 aromatic heterocycles. The maximum atomic E-state index is 9.94. The fraction of sp³-hybridized carbons (Fsp3) is 0.600.